The van der Waals surface area contributed by atoms with Crippen molar-refractivity contribution in [2.75, 3.05) is 4.90 Å². The van der Waals surface area contributed by atoms with Gasteiger partial charge in [0.05, 0.1) is 17.2 Å². The van der Waals surface area contributed by atoms with Crippen LogP contribution < -0.4 is 25.6 Å². The van der Waals surface area contributed by atoms with Crippen molar-refractivity contribution in [2.45, 2.75) is 6.17 Å². The zero-order valence-electron chi connectivity index (χ0n) is 31.1. The first kappa shape index (κ1) is 33.3. The summed E-state index contributed by atoms with van der Waals surface area (Å²) in [5.41, 5.74) is 7.37. The molecule has 7 aromatic carbocycles. The number of benzene rings is 7. The van der Waals surface area contributed by atoms with Crippen LogP contribution in [-0.2, 0) is 7.05 Å². The molecule has 5 nitrogen and oxygen atoms in total. The molecule has 0 saturated heterocycles. The molecule has 0 amide bonds. The lowest BCUT2D eigenvalue weighted by atomic mass is 9.99. The Morgan fingerprint density at radius 3 is 2.09 bits per heavy atom. The van der Waals surface area contributed by atoms with Crippen LogP contribution in [0.1, 0.15) is 17.3 Å². The Bertz CT molecular complexity index is 3100. The van der Waals surface area contributed by atoms with E-state index < -0.39 is 14.2 Å². The van der Waals surface area contributed by atoms with E-state index in [1.165, 1.54) is 15.6 Å². The highest BCUT2D eigenvalue weighted by Gasteiger charge is 2.51. The molecule has 272 valence electrons. The molecule has 57 heavy (non-hydrogen) atoms. The van der Waals surface area contributed by atoms with Gasteiger partial charge in [0.25, 0.3) is 0 Å². The summed E-state index contributed by atoms with van der Waals surface area (Å²) < 4.78 is 25.7. The van der Waals surface area contributed by atoms with Gasteiger partial charge in [-0.2, -0.15) is 0 Å². The number of para-hydroxylation sites is 4. The topological polar surface area (TPSA) is 47.1 Å². The summed E-state index contributed by atoms with van der Waals surface area (Å²) in [6, 6.07) is 62.4. The molecule has 1 aliphatic heterocycles. The summed E-state index contributed by atoms with van der Waals surface area (Å²) >= 11 is 0. The lowest BCUT2D eigenvalue weighted by Gasteiger charge is -2.44. The molecule has 1 aliphatic rings. The summed E-state index contributed by atoms with van der Waals surface area (Å²) in [5.74, 6) is 1.62. The number of rotatable bonds is 6. The number of nitrogens with zero attached hydrogens (tertiary/aromatic N) is 4. The number of hydrogen-bond acceptors (Lipinski definition) is 4. The lowest BCUT2D eigenvalue weighted by molar-refractivity contribution is 0.402. The van der Waals surface area contributed by atoms with E-state index in [0.717, 1.165) is 66.7 Å². The van der Waals surface area contributed by atoms with Crippen molar-refractivity contribution in [1.29, 1.82) is 0 Å². The molecule has 10 aromatic rings. The molecular weight excluding hydrogens is 720 g/mol. The van der Waals surface area contributed by atoms with Crippen molar-refractivity contribution in [3.8, 4) is 11.4 Å². The number of fused-ring (bicyclic) bond motifs is 7. The average molecular weight is 755 g/mol. The summed E-state index contributed by atoms with van der Waals surface area (Å²) in [7, 11) is -1.08. The van der Waals surface area contributed by atoms with E-state index >= 15 is 4.39 Å². The third-order valence-electron chi connectivity index (χ3n) is 11.6. The van der Waals surface area contributed by atoms with Gasteiger partial charge in [0, 0.05) is 39.9 Å². The summed E-state index contributed by atoms with van der Waals surface area (Å²) in [6.45, 7) is 0. The first-order valence-corrected chi connectivity index (χ1v) is 21.2. The molecule has 4 heterocycles. The standard InChI is InChI=1S/C50H35FN4OSi/c1-54-41-26-10-9-25-40(41)53-49(54)35-18-14-16-33(30-35)47(51)34-17-15-19-36(31-34)55-42-27-11-13-29-45(42)57(37-20-4-2-5-21-37,38-22-6-3-7-23-38)48-46-39-24-8-12-28-43(39)56-44(46)32-52-50(48)55/h2-32,47H,1H3. The van der Waals surface area contributed by atoms with E-state index in [9.17, 15) is 0 Å². The molecule has 1 atom stereocenters. The monoisotopic (exact) mass is 754 g/mol. The number of alkyl halides is 1. The van der Waals surface area contributed by atoms with Gasteiger partial charge in [0.15, 0.2) is 19.8 Å². The summed E-state index contributed by atoms with van der Waals surface area (Å²) in [4.78, 5) is 12.4. The maximum Gasteiger partial charge on any atom is 0.187 e. The largest absolute Gasteiger partial charge is 0.454 e. The van der Waals surface area contributed by atoms with Crippen LogP contribution in [0, 0.1) is 0 Å². The van der Waals surface area contributed by atoms with Crippen LogP contribution in [0.5, 0.6) is 0 Å². The summed E-state index contributed by atoms with van der Waals surface area (Å²) in [5, 5.41) is 7.00. The van der Waals surface area contributed by atoms with E-state index in [4.69, 9.17) is 14.4 Å². The molecule has 0 saturated carbocycles. The number of anilines is 3. The minimum absolute atomic E-state index is 0.559. The number of hydrogen-bond donors (Lipinski definition) is 0. The number of furan rings is 1. The Morgan fingerprint density at radius 2 is 1.30 bits per heavy atom. The number of halogens is 1. The van der Waals surface area contributed by atoms with Crippen LogP contribution in [0.2, 0.25) is 0 Å². The van der Waals surface area contributed by atoms with Gasteiger partial charge in [-0.25, -0.2) is 14.4 Å². The number of imidazole rings is 1. The summed E-state index contributed by atoms with van der Waals surface area (Å²) in [6.07, 6.45) is 0.480. The van der Waals surface area contributed by atoms with Gasteiger partial charge in [0.1, 0.15) is 17.2 Å². The molecule has 0 aliphatic carbocycles. The second kappa shape index (κ2) is 13.0. The Hall–Kier alpha value is -7.09. The highest BCUT2D eigenvalue weighted by Crippen LogP contribution is 2.42. The first-order chi connectivity index (χ1) is 28.1. The van der Waals surface area contributed by atoms with Gasteiger partial charge >= 0.3 is 0 Å². The molecule has 0 bridgehead atoms. The normalized spacial score (nSPS) is 13.8. The Balaban J connectivity index is 1.13. The minimum atomic E-state index is -3.09. The number of aromatic nitrogens is 3. The Labute approximate surface area is 330 Å². The van der Waals surface area contributed by atoms with E-state index in [1.54, 1.807) is 0 Å². The van der Waals surface area contributed by atoms with Gasteiger partial charge < -0.3 is 8.98 Å². The van der Waals surface area contributed by atoms with E-state index in [2.05, 4.69) is 119 Å². The number of pyridine rings is 1. The highest BCUT2D eigenvalue weighted by atomic mass is 28.3. The fourth-order valence-corrected chi connectivity index (χ4v) is 14.4. The fourth-order valence-electron chi connectivity index (χ4n) is 9.13. The Morgan fingerprint density at radius 1 is 0.632 bits per heavy atom. The van der Waals surface area contributed by atoms with Crippen molar-refractivity contribution in [3.05, 3.63) is 199 Å². The molecule has 11 rings (SSSR count). The van der Waals surface area contributed by atoms with Crippen molar-refractivity contribution >= 4 is 79.0 Å². The molecule has 1 unspecified atom stereocenters. The van der Waals surface area contributed by atoms with Crippen LogP contribution in [0.4, 0.5) is 21.6 Å². The van der Waals surface area contributed by atoms with Gasteiger partial charge in [-0.05, 0) is 69.2 Å². The van der Waals surface area contributed by atoms with E-state index in [0.29, 0.717) is 11.1 Å². The third-order valence-corrected chi connectivity index (χ3v) is 16.4. The van der Waals surface area contributed by atoms with Crippen LogP contribution in [0.25, 0.3) is 44.4 Å². The van der Waals surface area contributed by atoms with Crippen molar-refractivity contribution < 1.29 is 8.81 Å². The first-order valence-electron chi connectivity index (χ1n) is 19.2. The van der Waals surface area contributed by atoms with Crippen LogP contribution in [0.15, 0.2) is 193 Å². The molecule has 0 N–H and O–H groups in total. The Kier molecular flexibility index (Phi) is 7.59. The zero-order valence-corrected chi connectivity index (χ0v) is 32.1. The van der Waals surface area contributed by atoms with Crippen molar-refractivity contribution in [2.24, 2.45) is 7.05 Å². The van der Waals surface area contributed by atoms with E-state index in [1.807, 2.05) is 86.0 Å². The molecule has 0 radical (unpaired) electrons. The SMILES string of the molecule is Cn1c(-c2cccc(C(F)c3cccc(N4c5ccccc5[Si](c5ccccc5)(c5ccccc5)c5c4ncc4oc6ccccc6c54)c3)c2)nc2ccccc21. The van der Waals surface area contributed by atoms with Crippen molar-refractivity contribution in [3.63, 3.8) is 0 Å². The van der Waals surface area contributed by atoms with E-state index in [-0.39, 0.29) is 0 Å². The van der Waals surface area contributed by atoms with Crippen LogP contribution in [-0.4, -0.2) is 22.6 Å². The van der Waals surface area contributed by atoms with Gasteiger partial charge in [0.2, 0.25) is 0 Å². The highest BCUT2D eigenvalue weighted by molar-refractivity contribution is 7.22. The van der Waals surface area contributed by atoms with Crippen molar-refractivity contribution in [1.82, 2.24) is 14.5 Å². The molecule has 0 fully saturated rings. The molecule has 7 heteroatoms. The molecular formula is C50H35FN4OSi. The van der Waals surface area contributed by atoms with Crippen LogP contribution >= 0.6 is 0 Å². The fraction of sp³-hybridized carbons (Fsp3) is 0.0400. The predicted molar refractivity (Wildman–Crippen MR) is 232 cm³/mol. The maximum atomic E-state index is 17.0. The minimum Gasteiger partial charge on any atom is -0.454 e. The van der Waals surface area contributed by atoms with Gasteiger partial charge in [-0.15, -0.1) is 0 Å². The number of aryl methyl sites for hydroxylation is 1. The lowest BCUT2D eigenvalue weighted by Crippen LogP contribution is -2.77. The molecule has 0 spiro atoms. The second-order valence-electron chi connectivity index (χ2n) is 14.7. The zero-order chi connectivity index (χ0) is 38.1. The van der Waals surface area contributed by atoms with Gasteiger partial charge in [-0.1, -0.05) is 140 Å². The average Bonchev–Trinajstić information content (AvgIpc) is 3.83. The smallest absolute Gasteiger partial charge is 0.187 e. The quantitative estimate of drug-likeness (QED) is 0.159. The third kappa shape index (κ3) is 4.99. The molecule has 3 aromatic heterocycles. The maximum absolute atomic E-state index is 17.0. The van der Waals surface area contributed by atoms with Crippen LogP contribution in [0.3, 0.4) is 0 Å². The van der Waals surface area contributed by atoms with Gasteiger partial charge in [-0.3, -0.25) is 4.90 Å². The predicted octanol–water partition coefficient (Wildman–Crippen LogP) is 9.75. The second-order valence-corrected chi connectivity index (χ2v) is 18.4.